The number of aryl methyl sites for hydroxylation is 1. The van der Waals surface area contributed by atoms with Crippen LogP contribution in [0.4, 0.5) is 0 Å². The molecule has 1 aliphatic heterocycles. The van der Waals surface area contributed by atoms with Crippen LogP contribution in [0.5, 0.6) is 0 Å². The number of carbonyl (C=O) groups is 1. The van der Waals surface area contributed by atoms with Gasteiger partial charge in [0.1, 0.15) is 0 Å². The normalized spacial score (nSPS) is 17.2. The topological polar surface area (TPSA) is 46.3 Å². The molecule has 3 nitrogen and oxygen atoms in total. The van der Waals surface area contributed by atoms with Crippen molar-refractivity contribution in [2.45, 2.75) is 37.6 Å². The van der Waals surface area contributed by atoms with Gasteiger partial charge in [-0.2, -0.15) is 0 Å². The molecule has 0 saturated carbocycles. The molecule has 1 amide bonds. The summed E-state index contributed by atoms with van der Waals surface area (Å²) in [4.78, 5) is 15.8. The average Bonchev–Trinajstić information content (AvgIpc) is 2.47. The predicted molar refractivity (Wildman–Crippen MR) is 92.5 cm³/mol. The number of piperidine rings is 1. The number of benzene rings is 1. The Kier molecular flexibility index (Phi) is 7.04. The highest BCUT2D eigenvalue weighted by Gasteiger charge is 2.26. The number of nitrogens with zero attached hydrogens (tertiary/aromatic N) is 1. The van der Waals surface area contributed by atoms with Crippen molar-refractivity contribution in [1.29, 1.82) is 0 Å². The van der Waals surface area contributed by atoms with Crippen LogP contribution in [0.1, 0.15) is 35.7 Å². The largest absolute Gasteiger partial charge is 0.339 e. The maximum atomic E-state index is 12.7. The molecule has 118 valence electrons. The Morgan fingerprint density at radius 1 is 1.38 bits per heavy atom. The van der Waals surface area contributed by atoms with Gasteiger partial charge in [-0.3, -0.25) is 4.79 Å². The Morgan fingerprint density at radius 2 is 2.00 bits per heavy atom. The molecule has 1 atom stereocenters. The molecule has 1 aromatic rings. The lowest BCUT2D eigenvalue weighted by molar-refractivity contribution is 0.0680. The fourth-order valence-electron chi connectivity index (χ4n) is 2.76. The van der Waals surface area contributed by atoms with Crippen LogP contribution in [0.2, 0.25) is 0 Å². The Balaban J connectivity index is 0.00000220. The number of amides is 1. The Morgan fingerprint density at radius 3 is 2.52 bits per heavy atom. The van der Waals surface area contributed by atoms with E-state index in [4.69, 9.17) is 5.73 Å². The summed E-state index contributed by atoms with van der Waals surface area (Å²) < 4.78 is 0. The summed E-state index contributed by atoms with van der Waals surface area (Å²) >= 11 is 1.67. The summed E-state index contributed by atoms with van der Waals surface area (Å²) in [7, 11) is 0. The van der Waals surface area contributed by atoms with E-state index < -0.39 is 0 Å². The smallest absolute Gasteiger partial charge is 0.254 e. The highest BCUT2D eigenvalue weighted by molar-refractivity contribution is 7.98. The molecule has 0 radical (unpaired) electrons. The zero-order valence-electron chi connectivity index (χ0n) is 13.0. The van der Waals surface area contributed by atoms with Crippen LogP contribution in [0.15, 0.2) is 23.1 Å². The van der Waals surface area contributed by atoms with Gasteiger partial charge < -0.3 is 10.6 Å². The minimum Gasteiger partial charge on any atom is -0.339 e. The number of likely N-dealkylation sites (tertiary alicyclic amines) is 1. The van der Waals surface area contributed by atoms with Gasteiger partial charge in [-0.25, -0.2) is 0 Å². The van der Waals surface area contributed by atoms with E-state index in [0.29, 0.717) is 5.92 Å². The number of hydrogen-bond acceptors (Lipinski definition) is 3. The second kappa shape index (κ2) is 8.06. The Bertz CT molecular complexity index is 485. The van der Waals surface area contributed by atoms with Gasteiger partial charge in [-0.1, -0.05) is 6.07 Å². The third-order valence-corrected chi connectivity index (χ3v) is 4.97. The molecule has 1 aliphatic rings. The lowest BCUT2D eigenvalue weighted by atomic mass is 9.90. The zero-order chi connectivity index (χ0) is 14.7. The van der Waals surface area contributed by atoms with Crippen LogP contribution in [0, 0.1) is 12.8 Å². The second-order valence-electron chi connectivity index (χ2n) is 5.67. The maximum Gasteiger partial charge on any atom is 0.254 e. The van der Waals surface area contributed by atoms with Gasteiger partial charge in [0.05, 0.1) is 0 Å². The maximum absolute atomic E-state index is 12.7. The van der Waals surface area contributed by atoms with Gasteiger partial charge in [-0.05, 0) is 56.6 Å². The molecule has 1 unspecified atom stereocenters. The highest BCUT2D eigenvalue weighted by atomic mass is 35.5. The van der Waals surface area contributed by atoms with Crippen LogP contribution < -0.4 is 5.73 Å². The van der Waals surface area contributed by atoms with E-state index in [-0.39, 0.29) is 24.4 Å². The quantitative estimate of drug-likeness (QED) is 0.866. The van der Waals surface area contributed by atoms with Crippen molar-refractivity contribution in [3.05, 3.63) is 29.3 Å². The number of halogens is 1. The van der Waals surface area contributed by atoms with Crippen LogP contribution in [-0.4, -0.2) is 36.2 Å². The van der Waals surface area contributed by atoms with Crippen molar-refractivity contribution in [2.75, 3.05) is 19.3 Å². The summed E-state index contributed by atoms with van der Waals surface area (Å²) in [5, 5.41) is 0. The van der Waals surface area contributed by atoms with Gasteiger partial charge in [0.15, 0.2) is 0 Å². The summed E-state index contributed by atoms with van der Waals surface area (Å²) in [5.74, 6) is 0.721. The molecular formula is C16H25ClN2OS. The molecule has 0 aliphatic carbocycles. The summed E-state index contributed by atoms with van der Waals surface area (Å²) in [6.45, 7) is 5.72. The number of thioether (sulfide) groups is 1. The highest BCUT2D eigenvalue weighted by Crippen LogP contribution is 2.24. The van der Waals surface area contributed by atoms with E-state index in [2.05, 4.69) is 13.0 Å². The lowest BCUT2D eigenvalue weighted by Gasteiger charge is -2.34. The van der Waals surface area contributed by atoms with Gasteiger partial charge >= 0.3 is 0 Å². The molecule has 1 heterocycles. The molecule has 21 heavy (non-hydrogen) atoms. The summed E-state index contributed by atoms with van der Waals surface area (Å²) in [5.41, 5.74) is 7.86. The number of nitrogens with two attached hydrogens (primary N) is 1. The van der Waals surface area contributed by atoms with Crippen molar-refractivity contribution in [3.63, 3.8) is 0 Å². The number of rotatable bonds is 3. The van der Waals surface area contributed by atoms with Crippen LogP contribution in [-0.2, 0) is 0 Å². The molecule has 0 spiro atoms. The molecule has 1 aromatic carbocycles. The monoisotopic (exact) mass is 328 g/mol. The molecule has 2 rings (SSSR count). The Labute approximate surface area is 138 Å². The van der Waals surface area contributed by atoms with Crippen LogP contribution in [0.25, 0.3) is 0 Å². The van der Waals surface area contributed by atoms with Crippen molar-refractivity contribution in [1.82, 2.24) is 4.90 Å². The Hall–Kier alpha value is -0.710. The number of hydrogen-bond donors (Lipinski definition) is 1. The first kappa shape index (κ1) is 18.3. The van der Waals surface area contributed by atoms with E-state index in [1.54, 1.807) is 11.8 Å². The lowest BCUT2D eigenvalue weighted by Crippen LogP contribution is -2.42. The van der Waals surface area contributed by atoms with Crippen molar-refractivity contribution in [2.24, 2.45) is 11.7 Å². The molecule has 5 heteroatoms. The SMILES string of the molecule is CSc1ccc(C)c(C(=O)N2CCC(C(C)N)CC2)c1.Cl. The minimum absolute atomic E-state index is 0. The van der Waals surface area contributed by atoms with Crippen molar-refractivity contribution in [3.8, 4) is 0 Å². The van der Waals surface area contributed by atoms with Gasteiger partial charge in [0.2, 0.25) is 0 Å². The van der Waals surface area contributed by atoms with Crippen LogP contribution in [0.3, 0.4) is 0 Å². The van der Waals surface area contributed by atoms with E-state index in [9.17, 15) is 4.79 Å². The van der Waals surface area contributed by atoms with Gasteiger partial charge in [-0.15, -0.1) is 24.2 Å². The first-order chi connectivity index (χ1) is 9.52. The molecule has 0 bridgehead atoms. The molecule has 2 N–H and O–H groups in total. The standard InChI is InChI=1S/C16H24N2OS.ClH/c1-11-4-5-14(20-3)10-15(11)16(19)18-8-6-13(7-9-18)12(2)17;/h4-5,10,12-13H,6-9,17H2,1-3H3;1H. The average molecular weight is 329 g/mol. The van der Waals surface area contributed by atoms with Gasteiger partial charge in [0, 0.05) is 29.6 Å². The van der Waals surface area contributed by atoms with Crippen molar-refractivity contribution >= 4 is 30.1 Å². The first-order valence-electron chi connectivity index (χ1n) is 7.22. The van der Waals surface area contributed by atoms with Crippen LogP contribution >= 0.6 is 24.2 Å². The second-order valence-corrected chi connectivity index (χ2v) is 6.55. The first-order valence-corrected chi connectivity index (χ1v) is 8.45. The van der Waals surface area contributed by atoms with Crippen molar-refractivity contribution < 1.29 is 4.79 Å². The predicted octanol–water partition coefficient (Wildman–Crippen LogP) is 3.34. The van der Waals surface area contributed by atoms with E-state index in [0.717, 1.165) is 42.0 Å². The van der Waals surface area contributed by atoms with E-state index >= 15 is 0 Å². The van der Waals surface area contributed by atoms with E-state index in [1.165, 1.54) is 0 Å². The third-order valence-electron chi connectivity index (χ3n) is 4.25. The summed E-state index contributed by atoms with van der Waals surface area (Å²) in [6, 6.07) is 6.35. The molecule has 0 aromatic heterocycles. The van der Waals surface area contributed by atoms with Gasteiger partial charge in [0.25, 0.3) is 5.91 Å². The fourth-order valence-corrected chi connectivity index (χ4v) is 3.20. The molecule has 1 saturated heterocycles. The molecule has 1 fully saturated rings. The third kappa shape index (κ3) is 4.38. The fraction of sp³-hybridized carbons (Fsp3) is 0.562. The zero-order valence-corrected chi connectivity index (χ0v) is 14.6. The van der Waals surface area contributed by atoms with E-state index in [1.807, 2.05) is 30.2 Å². The molecular weight excluding hydrogens is 304 g/mol. The minimum atomic E-state index is 0. The summed E-state index contributed by atoms with van der Waals surface area (Å²) in [6.07, 6.45) is 4.07. The number of carbonyl (C=O) groups excluding carboxylic acids is 1.